The molecule has 2 aromatic carbocycles. The van der Waals surface area contributed by atoms with E-state index in [4.69, 9.17) is 5.84 Å². The average molecular weight is 281 g/mol. The van der Waals surface area contributed by atoms with Gasteiger partial charge in [0.05, 0.1) is 11.6 Å². The lowest BCUT2D eigenvalue weighted by molar-refractivity contribution is 0.550. The number of rotatable bonds is 4. The van der Waals surface area contributed by atoms with Crippen molar-refractivity contribution in [1.29, 1.82) is 0 Å². The Bertz CT molecular complexity index is 740. The van der Waals surface area contributed by atoms with Crippen molar-refractivity contribution < 1.29 is 4.39 Å². The first-order chi connectivity index (χ1) is 10.3. The van der Waals surface area contributed by atoms with Crippen LogP contribution in [0.2, 0.25) is 0 Å². The van der Waals surface area contributed by atoms with Gasteiger partial charge in [-0.05, 0) is 41.8 Å². The maximum Gasteiger partial charge on any atom is 0.123 e. The van der Waals surface area contributed by atoms with Crippen LogP contribution in [0.3, 0.4) is 0 Å². The van der Waals surface area contributed by atoms with E-state index in [1.807, 2.05) is 30.5 Å². The molecule has 3 rings (SSSR count). The number of hydrazine groups is 1. The van der Waals surface area contributed by atoms with Crippen LogP contribution in [0.1, 0.15) is 17.2 Å². The lowest BCUT2D eigenvalue weighted by Crippen LogP contribution is -2.29. The van der Waals surface area contributed by atoms with E-state index in [1.165, 1.54) is 12.1 Å². The molecule has 0 spiro atoms. The second kappa shape index (κ2) is 5.99. The number of aromatic nitrogens is 1. The number of halogens is 1. The number of nitrogens with zero attached hydrogens (tertiary/aromatic N) is 1. The third kappa shape index (κ3) is 3.07. The second-order valence-electron chi connectivity index (χ2n) is 5.01. The molecule has 3 nitrogen and oxygen atoms in total. The summed E-state index contributed by atoms with van der Waals surface area (Å²) >= 11 is 0. The molecule has 21 heavy (non-hydrogen) atoms. The quantitative estimate of drug-likeness (QED) is 0.570. The lowest BCUT2D eigenvalue weighted by atomic mass is 9.99. The van der Waals surface area contributed by atoms with Gasteiger partial charge < -0.3 is 0 Å². The average Bonchev–Trinajstić information content (AvgIpc) is 2.54. The number of nitrogens with two attached hydrogens (primary N) is 1. The zero-order valence-electron chi connectivity index (χ0n) is 11.5. The molecule has 106 valence electrons. The molecule has 3 aromatic rings. The Kier molecular flexibility index (Phi) is 3.90. The van der Waals surface area contributed by atoms with E-state index in [-0.39, 0.29) is 11.9 Å². The molecule has 4 heteroatoms. The molecule has 0 aliphatic heterocycles. The molecular formula is C17H16FN3. The van der Waals surface area contributed by atoms with Crippen LogP contribution in [0.15, 0.2) is 60.8 Å². The molecule has 0 saturated carbocycles. The third-order valence-corrected chi connectivity index (χ3v) is 3.57. The highest BCUT2D eigenvalue weighted by Gasteiger charge is 2.12. The molecule has 1 aromatic heterocycles. The summed E-state index contributed by atoms with van der Waals surface area (Å²) in [6.45, 7) is 0. The summed E-state index contributed by atoms with van der Waals surface area (Å²) in [6.07, 6.45) is 2.51. The van der Waals surface area contributed by atoms with E-state index in [9.17, 15) is 4.39 Å². The van der Waals surface area contributed by atoms with Crippen LogP contribution in [-0.4, -0.2) is 4.98 Å². The lowest BCUT2D eigenvalue weighted by Gasteiger charge is -2.16. The van der Waals surface area contributed by atoms with Gasteiger partial charge in [0.15, 0.2) is 0 Å². The predicted molar refractivity (Wildman–Crippen MR) is 81.9 cm³/mol. The van der Waals surface area contributed by atoms with Crippen molar-refractivity contribution in [3.63, 3.8) is 0 Å². The first-order valence-corrected chi connectivity index (χ1v) is 6.81. The van der Waals surface area contributed by atoms with Crippen LogP contribution in [0, 0.1) is 5.82 Å². The van der Waals surface area contributed by atoms with Gasteiger partial charge in [0, 0.05) is 11.6 Å². The number of fused-ring (bicyclic) bond motifs is 1. The Morgan fingerprint density at radius 2 is 1.86 bits per heavy atom. The van der Waals surface area contributed by atoms with E-state index in [0.29, 0.717) is 6.42 Å². The SMILES string of the molecule is NNC(Cc1ccc(F)cc1)c1cnc2ccccc2c1. The Morgan fingerprint density at radius 1 is 1.10 bits per heavy atom. The highest BCUT2D eigenvalue weighted by Crippen LogP contribution is 2.21. The van der Waals surface area contributed by atoms with Crippen molar-refractivity contribution in [2.45, 2.75) is 12.5 Å². The van der Waals surface area contributed by atoms with Gasteiger partial charge >= 0.3 is 0 Å². The number of pyridine rings is 1. The highest BCUT2D eigenvalue weighted by molar-refractivity contribution is 5.78. The largest absolute Gasteiger partial charge is 0.271 e. The smallest absolute Gasteiger partial charge is 0.123 e. The van der Waals surface area contributed by atoms with Crippen LogP contribution >= 0.6 is 0 Å². The van der Waals surface area contributed by atoms with Gasteiger partial charge in [0.1, 0.15) is 5.82 Å². The molecule has 0 fully saturated rings. The fourth-order valence-corrected chi connectivity index (χ4v) is 2.41. The zero-order chi connectivity index (χ0) is 14.7. The monoisotopic (exact) mass is 281 g/mol. The molecule has 1 heterocycles. The summed E-state index contributed by atoms with van der Waals surface area (Å²) in [5.41, 5.74) is 5.80. The molecule has 0 radical (unpaired) electrons. The van der Waals surface area contributed by atoms with E-state index < -0.39 is 0 Å². The molecule has 0 amide bonds. The molecular weight excluding hydrogens is 265 g/mol. The first kappa shape index (κ1) is 13.7. The standard InChI is InChI=1S/C17H16FN3/c18-15-7-5-12(6-8-15)9-17(21-19)14-10-13-3-1-2-4-16(13)20-11-14/h1-8,10-11,17,21H,9,19H2. The first-order valence-electron chi connectivity index (χ1n) is 6.81. The summed E-state index contributed by atoms with van der Waals surface area (Å²) < 4.78 is 13.0. The molecule has 0 saturated heterocycles. The van der Waals surface area contributed by atoms with Crippen molar-refractivity contribution >= 4 is 10.9 Å². The molecule has 3 N–H and O–H groups in total. The fourth-order valence-electron chi connectivity index (χ4n) is 2.41. The van der Waals surface area contributed by atoms with Crippen molar-refractivity contribution in [3.05, 3.63) is 77.7 Å². The van der Waals surface area contributed by atoms with Gasteiger partial charge in [-0.2, -0.15) is 0 Å². The summed E-state index contributed by atoms with van der Waals surface area (Å²) in [4.78, 5) is 4.45. The number of hydrogen-bond acceptors (Lipinski definition) is 3. The van der Waals surface area contributed by atoms with Gasteiger partial charge in [-0.1, -0.05) is 30.3 Å². The maximum atomic E-state index is 13.0. The topological polar surface area (TPSA) is 50.9 Å². The van der Waals surface area contributed by atoms with Crippen molar-refractivity contribution in [3.8, 4) is 0 Å². The number of benzene rings is 2. The van der Waals surface area contributed by atoms with Gasteiger partial charge in [0.25, 0.3) is 0 Å². The van der Waals surface area contributed by atoms with Crippen molar-refractivity contribution in [1.82, 2.24) is 10.4 Å². The number of para-hydroxylation sites is 1. The summed E-state index contributed by atoms with van der Waals surface area (Å²) in [5.74, 6) is 5.44. The van der Waals surface area contributed by atoms with Crippen LogP contribution in [0.5, 0.6) is 0 Å². The number of nitrogens with one attached hydrogen (secondary N) is 1. The third-order valence-electron chi connectivity index (χ3n) is 3.57. The number of hydrogen-bond donors (Lipinski definition) is 2. The predicted octanol–water partition coefficient (Wildman–Crippen LogP) is 3.12. The van der Waals surface area contributed by atoms with Gasteiger partial charge in [-0.15, -0.1) is 0 Å². The van der Waals surface area contributed by atoms with E-state index in [2.05, 4.69) is 16.5 Å². The Morgan fingerprint density at radius 3 is 2.62 bits per heavy atom. The Labute approximate surface area is 122 Å². The Hall–Kier alpha value is -2.30. The van der Waals surface area contributed by atoms with Crippen LogP contribution < -0.4 is 11.3 Å². The second-order valence-corrected chi connectivity index (χ2v) is 5.01. The minimum absolute atomic E-state index is 0.0624. The van der Waals surface area contributed by atoms with E-state index in [1.54, 1.807) is 12.1 Å². The van der Waals surface area contributed by atoms with Gasteiger partial charge in [0.2, 0.25) is 0 Å². The molecule has 0 aliphatic carbocycles. The summed E-state index contributed by atoms with van der Waals surface area (Å²) in [6, 6.07) is 16.4. The van der Waals surface area contributed by atoms with Gasteiger partial charge in [-0.3, -0.25) is 16.3 Å². The molecule has 1 unspecified atom stereocenters. The molecule has 1 atom stereocenters. The maximum absolute atomic E-state index is 13.0. The summed E-state index contributed by atoms with van der Waals surface area (Å²) in [7, 11) is 0. The Balaban J connectivity index is 1.88. The minimum atomic E-state index is -0.233. The highest BCUT2D eigenvalue weighted by atomic mass is 19.1. The van der Waals surface area contributed by atoms with E-state index in [0.717, 1.165) is 22.0 Å². The van der Waals surface area contributed by atoms with Gasteiger partial charge in [-0.25, -0.2) is 4.39 Å². The molecule has 0 bridgehead atoms. The van der Waals surface area contributed by atoms with Crippen LogP contribution in [0.25, 0.3) is 10.9 Å². The summed E-state index contributed by atoms with van der Waals surface area (Å²) in [5, 5.41) is 1.08. The van der Waals surface area contributed by atoms with Crippen LogP contribution in [-0.2, 0) is 6.42 Å². The van der Waals surface area contributed by atoms with Crippen molar-refractivity contribution in [2.24, 2.45) is 5.84 Å². The zero-order valence-corrected chi connectivity index (χ0v) is 11.5. The molecule has 0 aliphatic rings. The normalized spacial score (nSPS) is 12.5. The van der Waals surface area contributed by atoms with Crippen molar-refractivity contribution in [2.75, 3.05) is 0 Å². The minimum Gasteiger partial charge on any atom is -0.271 e. The van der Waals surface area contributed by atoms with E-state index >= 15 is 0 Å². The fraction of sp³-hybridized carbons (Fsp3) is 0.118. The van der Waals surface area contributed by atoms with Crippen LogP contribution in [0.4, 0.5) is 4.39 Å².